The second-order valence-electron chi connectivity index (χ2n) is 4.96. The van der Waals surface area contributed by atoms with Crippen LogP contribution in [0.2, 0.25) is 0 Å². The molecular formula is C11H21NO5S. The number of carboxylic acid groups (broad SMARTS) is 1. The normalized spacial score (nSPS) is 21.4. The van der Waals surface area contributed by atoms with Crippen LogP contribution in [0.25, 0.3) is 0 Å². The van der Waals surface area contributed by atoms with Crippen molar-refractivity contribution in [1.82, 2.24) is 4.72 Å². The topological polar surface area (TPSA) is 104 Å². The molecule has 0 spiro atoms. The SMILES string of the molecule is C[C@@H](O)[C@H](NS(=O)(=O)CC1CCCCC1)C(=O)O. The van der Waals surface area contributed by atoms with Gasteiger partial charge < -0.3 is 10.2 Å². The van der Waals surface area contributed by atoms with E-state index in [2.05, 4.69) is 4.72 Å². The van der Waals surface area contributed by atoms with Crippen molar-refractivity contribution in [3.8, 4) is 0 Å². The van der Waals surface area contributed by atoms with Crippen LogP contribution < -0.4 is 4.72 Å². The van der Waals surface area contributed by atoms with E-state index in [1.165, 1.54) is 6.92 Å². The third-order valence-electron chi connectivity index (χ3n) is 3.23. The van der Waals surface area contributed by atoms with Gasteiger partial charge in [0.25, 0.3) is 0 Å². The number of aliphatic hydroxyl groups is 1. The second kappa shape index (κ2) is 6.49. The average Bonchev–Trinajstić information content (AvgIpc) is 2.26. The highest BCUT2D eigenvalue weighted by molar-refractivity contribution is 7.89. The van der Waals surface area contributed by atoms with Crippen molar-refractivity contribution in [1.29, 1.82) is 0 Å². The first-order valence-corrected chi connectivity index (χ1v) is 7.88. The number of hydrogen-bond donors (Lipinski definition) is 3. The van der Waals surface area contributed by atoms with E-state index in [0.717, 1.165) is 32.1 Å². The Morgan fingerprint density at radius 3 is 2.33 bits per heavy atom. The van der Waals surface area contributed by atoms with E-state index in [1.807, 2.05) is 0 Å². The van der Waals surface area contributed by atoms with E-state index in [-0.39, 0.29) is 11.7 Å². The van der Waals surface area contributed by atoms with Crippen LogP contribution in [0.5, 0.6) is 0 Å². The quantitative estimate of drug-likeness (QED) is 0.649. The van der Waals surface area contributed by atoms with Gasteiger partial charge >= 0.3 is 5.97 Å². The maximum Gasteiger partial charge on any atom is 0.324 e. The zero-order valence-electron chi connectivity index (χ0n) is 10.5. The van der Waals surface area contributed by atoms with E-state index in [4.69, 9.17) is 5.11 Å². The van der Waals surface area contributed by atoms with E-state index >= 15 is 0 Å². The van der Waals surface area contributed by atoms with Crippen molar-refractivity contribution in [3.05, 3.63) is 0 Å². The minimum atomic E-state index is -3.66. The van der Waals surface area contributed by atoms with Crippen molar-refractivity contribution in [2.24, 2.45) is 5.92 Å². The van der Waals surface area contributed by atoms with Gasteiger partial charge in [0, 0.05) is 0 Å². The summed E-state index contributed by atoms with van der Waals surface area (Å²) in [5, 5.41) is 18.1. The highest BCUT2D eigenvalue weighted by atomic mass is 32.2. The summed E-state index contributed by atoms with van der Waals surface area (Å²) >= 11 is 0. The van der Waals surface area contributed by atoms with Gasteiger partial charge in [0.2, 0.25) is 10.0 Å². The van der Waals surface area contributed by atoms with Crippen LogP contribution in [0.15, 0.2) is 0 Å². The smallest absolute Gasteiger partial charge is 0.324 e. The Morgan fingerprint density at radius 2 is 1.89 bits per heavy atom. The fourth-order valence-corrected chi connectivity index (χ4v) is 4.00. The van der Waals surface area contributed by atoms with Crippen LogP contribution >= 0.6 is 0 Å². The lowest BCUT2D eigenvalue weighted by Crippen LogP contribution is -2.48. The fourth-order valence-electron chi connectivity index (χ4n) is 2.26. The third kappa shape index (κ3) is 4.91. The molecular weight excluding hydrogens is 258 g/mol. The van der Waals surface area contributed by atoms with Gasteiger partial charge in [0.15, 0.2) is 0 Å². The molecule has 18 heavy (non-hydrogen) atoms. The summed E-state index contributed by atoms with van der Waals surface area (Å²) in [6.07, 6.45) is 3.66. The molecule has 2 atom stereocenters. The van der Waals surface area contributed by atoms with E-state index < -0.39 is 28.1 Å². The molecule has 0 aromatic carbocycles. The summed E-state index contributed by atoms with van der Waals surface area (Å²) in [4.78, 5) is 10.8. The van der Waals surface area contributed by atoms with Crippen molar-refractivity contribution < 1.29 is 23.4 Å². The molecule has 0 saturated heterocycles. The summed E-state index contributed by atoms with van der Waals surface area (Å²) < 4.78 is 25.7. The predicted octanol–water partition coefficient (Wildman–Crippen LogP) is 0.320. The molecule has 0 bridgehead atoms. The summed E-state index contributed by atoms with van der Waals surface area (Å²) in [5.41, 5.74) is 0. The average molecular weight is 279 g/mol. The number of carboxylic acids is 1. The van der Waals surface area contributed by atoms with Crippen LogP contribution in [0.3, 0.4) is 0 Å². The molecule has 1 rings (SSSR count). The number of carbonyl (C=O) groups is 1. The van der Waals surface area contributed by atoms with Gasteiger partial charge in [-0.2, -0.15) is 4.72 Å². The standard InChI is InChI=1S/C11H21NO5S/c1-8(13)10(11(14)15)12-18(16,17)7-9-5-3-2-4-6-9/h8-10,12-13H,2-7H2,1H3,(H,14,15)/t8-,10+/m1/s1. The second-order valence-corrected chi connectivity index (χ2v) is 6.76. The van der Waals surface area contributed by atoms with Crippen molar-refractivity contribution >= 4 is 16.0 Å². The van der Waals surface area contributed by atoms with Crippen LogP contribution in [0, 0.1) is 5.92 Å². The fraction of sp³-hybridized carbons (Fsp3) is 0.909. The van der Waals surface area contributed by atoms with E-state index in [9.17, 15) is 18.3 Å². The maximum absolute atomic E-state index is 11.8. The first kappa shape index (κ1) is 15.4. The van der Waals surface area contributed by atoms with Crippen LogP contribution in [-0.4, -0.2) is 42.5 Å². The Hall–Kier alpha value is -0.660. The highest BCUT2D eigenvalue weighted by Gasteiger charge is 2.30. The van der Waals surface area contributed by atoms with Crippen LogP contribution in [-0.2, 0) is 14.8 Å². The number of sulfonamides is 1. The molecule has 0 heterocycles. The Labute approximate surface area is 107 Å². The molecule has 0 unspecified atom stereocenters. The zero-order valence-corrected chi connectivity index (χ0v) is 11.3. The predicted molar refractivity (Wildman–Crippen MR) is 66.6 cm³/mol. The molecule has 0 radical (unpaired) electrons. The molecule has 1 saturated carbocycles. The van der Waals surface area contributed by atoms with Gasteiger partial charge in [-0.25, -0.2) is 8.42 Å². The van der Waals surface area contributed by atoms with Crippen molar-refractivity contribution in [2.75, 3.05) is 5.75 Å². The van der Waals surface area contributed by atoms with Gasteiger partial charge in [0.05, 0.1) is 11.9 Å². The number of aliphatic carboxylic acids is 1. The van der Waals surface area contributed by atoms with Gasteiger partial charge in [-0.05, 0) is 25.7 Å². The molecule has 0 aromatic heterocycles. The molecule has 1 aliphatic carbocycles. The Balaban J connectivity index is 2.59. The molecule has 0 aliphatic heterocycles. The minimum absolute atomic E-state index is 0.0521. The maximum atomic E-state index is 11.8. The number of rotatable bonds is 6. The largest absolute Gasteiger partial charge is 0.480 e. The molecule has 0 amide bonds. The molecule has 106 valence electrons. The molecule has 0 aromatic rings. The van der Waals surface area contributed by atoms with E-state index in [1.54, 1.807) is 0 Å². The Bertz CT molecular complexity index is 373. The molecule has 3 N–H and O–H groups in total. The lowest BCUT2D eigenvalue weighted by Gasteiger charge is -2.23. The first-order chi connectivity index (χ1) is 8.32. The molecule has 6 nitrogen and oxygen atoms in total. The lowest BCUT2D eigenvalue weighted by molar-refractivity contribution is -0.141. The molecule has 7 heteroatoms. The van der Waals surface area contributed by atoms with Crippen LogP contribution in [0.1, 0.15) is 39.0 Å². The van der Waals surface area contributed by atoms with Crippen LogP contribution in [0.4, 0.5) is 0 Å². The minimum Gasteiger partial charge on any atom is -0.480 e. The summed E-state index contributed by atoms with van der Waals surface area (Å²) in [6, 6.07) is -1.47. The zero-order chi connectivity index (χ0) is 13.8. The van der Waals surface area contributed by atoms with E-state index in [0.29, 0.717) is 0 Å². The molecule has 1 fully saturated rings. The summed E-state index contributed by atoms with van der Waals surface area (Å²) in [7, 11) is -3.66. The monoisotopic (exact) mass is 279 g/mol. The lowest BCUT2D eigenvalue weighted by atomic mass is 9.91. The summed E-state index contributed by atoms with van der Waals surface area (Å²) in [6.45, 7) is 1.25. The first-order valence-electron chi connectivity index (χ1n) is 6.22. The van der Waals surface area contributed by atoms with Gasteiger partial charge in [-0.15, -0.1) is 0 Å². The highest BCUT2D eigenvalue weighted by Crippen LogP contribution is 2.24. The number of nitrogens with one attached hydrogen (secondary N) is 1. The van der Waals surface area contributed by atoms with Gasteiger partial charge in [-0.1, -0.05) is 19.3 Å². The van der Waals surface area contributed by atoms with Crippen molar-refractivity contribution in [3.63, 3.8) is 0 Å². The Kier molecular flexibility index (Phi) is 5.55. The van der Waals surface area contributed by atoms with Gasteiger partial charge in [0.1, 0.15) is 6.04 Å². The molecule has 1 aliphatic rings. The van der Waals surface area contributed by atoms with Crippen molar-refractivity contribution in [2.45, 2.75) is 51.2 Å². The third-order valence-corrected chi connectivity index (χ3v) is 4.76. The number of hydrogen-bond acceptors (Lipinski definition) is 4. The number of aliphatic hydroxyl groups excluding tert-OH is 1. The Morgan fingerprint density at radius 1 is 1.33 bits per heavy atom. The van der Waals surface area contributed by atoms with Gasteiger partial charge in [-0.3, -0.25) is 4.79 Å². The summed E-state index contributed by atoms with van der Waals surface area (Å²) in [5.74, 6) is -1.32.